The molecule has 11 heteroatoms. The van der Waals surface area contributed by atoms with Crippen LogP contribution in [-0.4, -0.2) is 22.7 Å². The Hall–Kier alpha value is -3.40. The van der Waals surface area contributed by atoms with Gasteiger partial charge in [-0.2, -0.15) is 23.4 Å². The van der Waals surface area contributed by atoms with Gasteiger partial charge in [0, 0.05) is 19.7 Å². The average molecular weight is 437 g/mol. The molecule has 1 aromatic heterocycles. The number of benzene rings is 2. The van der Waals surface area contributed by atoms with Gasteiger partial charge >= 0.3 is 6.18 Å². The van der Waals surface area contributed by atoms with Crippen molar-refractivity contribution in [3.05, 3.63) is 70.5 Å². The number of halogens is 4. The Balaban J connectivity index is 1.91. The number of alkyl halides is 3. The fourth-order valence-electron chi connectivity index (χ4n) is 2.75. The predicted molar refractivity (Wildman–Crippen MR) is 106 cm³/mol. The van der Waals surface area contributed by atoms with Crippen LogP contribution in [0.2, 0.25) is 5.02 Å². The molecule has 156 valence electrons. The normalized spacial score (nSPS) is 11.2. The van der Waals surface area contributed by atoms with Crippen molar-refractivity contribution in [1.82, 2.24) is 15.1 Å². The maximum absolute atomic E-state index is 13.2. The van der Waals surface area contributed by atoms with Crippen LogP contribution in [-0.2, 0) is 12.7 Å². The van der Waals surface area contributed by atoms with Crippen molar-refractivity contribution in [2.24, 2.45) is 5.11 Å². The van der Waals surface area contributed by atoms with Crippen molar-refractivity contribution in [1.29, 1.82) is 5.53 Å². The highest BCUT2D eigenvalue weighted by molar-refractivity contribution is 6.32. The molecular weight excluding hydrogens is 421 g/mol. The molecule has 0 saturated heterocycles. The van der Waals surface area contributed by atoms with Gasteiger partial charge in [0.1, 0.15) is 11.4 Å². The number of nitrogens with one attached hydrogen (secondary N) is 3. The van der Waals surface area contributed by atoms with E-state index in [4.69, 9.17) is 17.1 Å². The van der Waals surface area contributed by atoms with Crippen LogP contribution in [0.15, 0.2) is 53.6 Å². The van der Waals surface area contributed by atoms with E-state index in [9.17, 15) is 18.0 Å². The lowest BCUT2D eigenvalue weighted by molar-refractivity contribution is -0.141. The van der Waals surface area contributed by atoms with Gasteiger partial charge in [0.15, 0.2) is 5.69 Å². The Kier molecular flexibility index (Phi) is 6.06. The molecule has 0 atom stereocenters. The predicted octanol–water partition coefficient (Wildman–Crippen LogP) is 5.18. The lowest BCUT2D eigenvalue weighted by Gasteiger charge is -2.11. The van der Waals surface area contributed by atoms with Crippen LogP contribution in [0, 0.1) is 5.53 Å². The van der Waals surface area contributed by atoms with Gasteiger partial charge in [-0.3, -0.25) is 4.79 Å². The first-order valence-corrected chi connectivity index (χ1v) is 9.01. The van der Waals surface area contributed by atoms with Crippen molar-refractivity contribution < 1.29 is 18.0 Å². The monoisotopic (exact) mass is 436 g/mol. The van der Waals surface area contributed by atoms with Gasteiger partial charge in [0.2, 0.25) is 0 Å². The maximum Gasteiger partial charge on any atom is 0.435 e. The number of hydrogen-bond acceptors (Lipinski definition) is 5. The largest absolute Gasteiger partial charge is 0.435 e. The van der Waals surface area contributed by atoms with Crippen LogP contribution in [0.4, 0.5) is 24.5 Å². The molecule has 0 aliphatic carbocycles. The molecule has 3 aromatic rings. The van der Waals surface area contributed by atoms with Crippen LogP contribution in [0.3, 0.4) is 0 Å². The Morgan fingerprint density at radius 2 is 1.97 bits per heavy atom. The summed E-state index contributed by atoms with van der Waals surface area (Å²) in [5.74, 6) is -0.764. The number of carbonyl (C=O) groups excluding carboxylic acids is 1. The Bertz CT molecular complexity index is 1100. The first-order valence-electron chi connectivity index (χ1n) is 8.63. The van der Waals surface area contributed by atoms with Gasteiger partial charge in [-0.25, -0.2) is 10.2 Å². The van der Waals surface area contributed by atoms with E-state index in [0.29, 0.717) is 23.0 Å². The smallest absolute Gasteiger partial charge is 0.386 e. The van der Waals surface area contributed by atoms with E-state index in [1.54, 1.807) is 37.4 Å². The number of hydrogen-bond donors (Lipinski definition) is 3. The molecule has 7 nitrogen and oxygen atoms in total. The molecule has 0 spiro atoms. The van der Waals surface area contributed by atoms with E-state index in [0.717, 1.165) is 4.68 Å². The maximum atomic E-state index is 13.2. The van der Waals surface area contributed by atoms with Crippen LogP contribution >= 0.6 is 11.6 Å². The van der Waals surface area contributed by atoms with Crippen LogP contribution < -0.4 is 10.6 Å². The van der Waals surface area contributed by atoms with Crippen molar-refractivity contribution >= 4 is 28.9 Å². The molecule has 1 heterocycles. The van der Waals surface area contributed by atoms with Crippen LogP contribution in [0.1, 0.15) is 21.7 Å². The minimum atomic E-state index is -4.73. The third kappa shape index (κ3) is 4.43. The van der Waals surface area contributed by atoms with Gasteiger partial charge in [-0.15, -0.1) is 0 Å². The molecule has 0 fully saturated rings. The summed E-state index contributed by atoms with van der Waals surface area (Å²) in [5, 5.41) is 12.5. The van der Waals surface area contributed by atoms with Crippen molar-refractivity contribution in [2.75, 3.05) is 12.4 Å². The molecule has 0 aliphatic heterocycles. The Labute approximate surface area is 174 Å². The quantitative estimate of drug-likeness (QED) is 0.465. The number of nitrogens with zero attached hydrogens (tertiary/aromatic N) is 3. The summed E-state index contributed by atoms with van der Waals surface area (Å²) < 4.78 is 40.4. The van der Waals surface area contributed by atoms with E-state index in [2.05, 4.69) is 20.8 Å². The van der Waals surface area contributed by atoms with Gasteiger partial charge in [0.05, 0.1) is 16.4 Å². The summed E-state index contributed by atoms with van der Waals surface area (Å²) in [7, 11) is 1.68. The molecule has 1 amide bonds. The first kappa shape index (κ1) is 21.3. The molecular formula is C19H16ClF3N6O. The van der Waals surface area contributed by atoms with E-state index in [-0.39, 0.29) is 22.9 Å². The fourth-order valence-corrected chi connectivity index (χ4v) is 2.97. The number of aromatic nitrogens is 2. The summed E-state index contributed by atoms with van der Waals surface area (Å²) in [6, 6.07) is 11.8. The van der Waals surface area contributed by atoms with Crippen LogP contribution in [0.5, 0.6) is 0 Å². The average Bonchev–Trinajstić information content (AvgIpc) is 3.18. The number of amides is 1. The second kappa shape index (κ2) is 8.54. The van der Waals surface area contributed by atoms with E-state index >= 15 is 0 Å². The van der Waals surface area contributed by atoms with Crippen molar-refractivity contribution in [3.63, 3.8) is 0 Å². The molecule has 2 aromatic carbocycles. The lowest BCUT2D eigenvalue weighted by atomic mass is 10.1. The standard InChI is InChI=1S/C19H16ClF3N6O/c1-25-13-7-6-11(8-14(13)27-24)10-26-18(30)16-9-17(19(21,22)23)28-29(16)15-5-3-2-4-12(15)20/h2-9,24-25H,10H2,1H3,(H,26,30). The number of anilines is 1. The SMILES string of the molecule is CNc1ccc(CNC(=O)c2cc(C(F)(F)F)nn2-c2ccccc2Cl)cc1N=N. The van der Waals surface area contributed by atoms with Crippen molar-refractivity contribution in [3.8, 4) is 5.69 Å². The first-order chi connectivity index (χ1) is 14.2. The summed E-state index contributed by atoms with van der Waals surface area (Å²) in [6.07, 6.45) is -4.73. The Morgan fingerprint density at radius 3 is 2.60 bits per heavy atom. The second-order valence-corrected chi connectivity index (χ2v) is 6.58. The van der Waals surface area contributed by atoms with E-state index in [1.165, 1.54) is 12.1 Å². The molecule has 0 bridgehead atoms. The molecule has 30 heavy (non-hydrogen) atoms. The number of rotatable bonds is 6. The fraction of sp³-hybridized carbons (Fsp3) is 0.158. The Morgan fingerprint density at radius 1 is 1.23 bits per heavy atom. The summed E-state index contributed by atoms with van der Waals surface area (Å²) in [6.45, 7) is 0.0143. The number of carbonyl (C=O) groups is 1. The summed E-state index contributed by atoms with van der Waals surface area (Å²) in [5.41, 5.74) is 7.45. The summed E-state index contributed by atoms with van der Waals surface area (Å²) in [4.78, 5) is 12.7. The third-order valence-corrected chi connectivity index (χ3v) is 4.54. The molecule has 0 radical (unpaired) electrons. The zero-order valence-corrected chi connectivity index (χ0v) is 16.3. The highest BCUT2D eigenvalue weighted by Gasteiger charge is 2.36. The molecule has 0 unspecified atom stereocenters. The van der Waals surface area contributed by atoms with E-state index < -0.39 is 17.8 Å². The van der Waals surface area contributed by atoms with Gasteiger partial charge in [0.25, 0.3) is 5.91 Å². The number of para-hydroxylation sites is 1. The lowest BCUT2D eigenvalue weighted by Crippen LogP contribution is -2.25. The van der Waals surface area contributed by atoms with Gasteiger partial charge < -0.3 is 10.6 Å². The van der Waals surface area contributed by atoms with Gasteiger partial charge in [-0.1, -0.05) is 29.8 Å². The van der Waals surface area contributed by atoms with E-state index in [1.807, 2.05) is 0 Å². The molecule has 3 rings (SSSR count). The highest BCUT2D eigenvalue weighted by atomic mass is 35.5. The van der Waals surface area contributed by atoms with Crippen LogP contribution in [0.25, 0.3) is 5.69 Å². The zero-order chi connectivity index (χ0) is 21.9. The highest BCUT2D eigenvalue weighted by Crippen LogP contribution is 2.31. The topological polar surface area (TPSA) is 95.2 Å². The molecule has 3 N–H and O–H groups in total. The minimum Gasteiger partial charge on any atom is -0.386 e. The van der Waals surface area contributed by atoms with Gasteiger partial charge in [-0.05, 0) is 29.8 Å². The molecule has 0 aliphatic rings. The third-order valence-electron chi connectivity index (χ3n) is 4.22. The minimum absolute atomic E-state index is 0.0143. The summed E-state index contributed by atoms with van der Waals surface area (Å²) >= 11 is 6.09. The van der Waals surface area contributed by atoms with Crippen molar-refractivity contribution in [2.45, 2.75) is 12.7 Å². The second-order valence-electron chi connectivity index (χ2n) is 6.17. The molecule has 0 saturated carbocycles. The zero-order valence-electron chi connectivity index (χ0n) is 15.6.